The number of carbonyl (C=O) groups is 1. The summed E-state index contributed by atoms with van der Waals surface area (Å²) in [6.45, 7) is 3.03. The second-order valence-corrected chi connectivity index (χ2v) is 8.17. The van der Waals surface area contributed by atoms with Gasteiger partial charge in [-0.05, 0) is 24.3 Å². The SMILES string of the molecule is Cl.O=C(NCC1CNCC1O)c1ccc(S(=O)(=O)N2CCOCC2)cc1. The van der Waals surface area contributed by atoms with Crippen molar-refractivity contribution >= 4 is 28.3 Å². The number of nitrogens with zero attached hydrogens (tertiary/aromatic N) is 1. The van der Waals surface area contributed by atoms with Gasteiger partial charge < -0.3 is 20.5 Å². The fourth-order valence-corrected chi connectivity index (χ4v) is 4.38. The van der Waals surface area contributed by atoms with Crippen LogP contribution in [0.4, 0.5) is 0 Å². The summed E-state index contributed by atoms with van der Waals surface area (Å²) in [7, 11) is -3.56. The van der Waals surface area contributed by atoms with Crippen LogP contribution in [-0.4, -0.2) is 75.8 Å². The van der Waals surface area contributed by atoms with Gasteiger partial charge in [0.15, 0.2) is 0 Å². The number of rotatable bonds is 5. The highest BCUT2D eigenvalue weighted by atomic mass is 35.5. The molecule has 1 aromatic rings. The molecule has 3 rings (SSSR count). The lowest BCUT2D eigenvalue weighted by Gasteiger charge is -2.26. The molecule has 10 heteroatoms. The first-order chi connectivity index (χ1) is 12.0. The largest absolute Gasteiger partial charge is 0.391 e. The molecule has 2 unspecified atom stereocenters. The lowest BCUT2D eigenvalue weighted by atomic mass is 10.1. The van der Waals surface area contributed by atoms with Gasteiger partial charge in [0.1, 0.15) is 0 Å². The van der Waals surface area contributed by atoms with E-state index >= 15 is 0 Å². The molecule has 2 aliphatic rings. The van der Waals surface area contributed by atoms with Crippen LogP contribution < -0.4 is 10.6 Å². The van der Waals surface area contributed by atoms with Gasteiger partial charge in [0.25, 0.3) is 5.91 Å². The summed E-state index contributed by atoms with van der Waals surface area (Å²) in [5, 5.41) is 15.6. The summed E-state index contributed by atoms with van der Waals surface area (Å²) in [6.07, 6.45) is -0.457. The van der Waals surface area contributed by atoms with E-state index in [4.69, 9.17) is 4.74 Å². The highest BCUT2D eigenvalue weighted by Gasteiger charge is 2.27. The molecule has 3 N–H and O–H groups in total. The zero-order valence-corrected chi connectivity index (χ0v) is 15.9. The molecule has 2 saturated heterocycles. The summed E-state index contributed by atoms with van der Waals surface area (Å²) in [6, 6.07) is 5.91. The maximum Gasteiger partial charge on any atom is 0.251 e. The van der Waals surface area contributed by atoms with Crippen LogP contribution in [0.1, 0.15) is 10.4 Å². The summed E-state index contributed by atoms with van der Waals surface area (Å²) < 4.78 is 31.6. The number of nitrogens with one attached hydrogen (secondary N) is 2. The minimum atomic E-state index is -3.56. The van der Waals surface area contributed by atoms with Crippen LogP contribution in [-0.2, 0) is 14.8 Å². The van der Waals surface area contributed by atoms with Crippen LogP contribution in [0.25, 0.3) is 0 Å². The second-order valence-electron chi connectivity index (χ2n) is 6.24. The molecule has 1 amide bonds. The number of benzene rings is 1. The minimum absolute atomic E-state index is 0. The third-order valence-electron chi connectivity index (χ3n) is 4.55. The maximum atomic E-state index is 12.5. The zero-order valence-electron chi connectivity index (χ0n) is 14.3. The first-order valence-electron chi connectivity index (χ1n) is 8.33. The Morgan fingerprint density at radius 1 is 1.23 bits per heavy atom. The number of hydrogen-bond donors (Lipinski definition) is 3. The first kappa shape index (κ1) is 21.1. The maximum absolute atomic E-state index is 12.5. The molecule has 8 nitrogen and oxygen atoms in total. The average molecular weight is 406 g/mol. The highest BCUT2D eigenvalue weighted by molar-refractivity contribution is 7.89. The predicted octanol–water partition coefficient (Wildman–Crippen LogP) is -0.561. The normalized spacial score (nSPS) is 24.0. The fraction of sp³-hybridized carbons (Fsp3) is 0.562. The molecule has 0 aromatic heterocycles. The van der Waals surface area contributed by atoms with Gasteiger partial charge in [-0.25, -0.2) is 8.42 Å². The number of aliphatic hydroxyl groups excluding tert-OH is 1. The number of hydrogen-bond acceptors (Lipinski definition) is 6. The van der Waals surface area contributed by atoms with E-state index in [1.54, 1.807) is 0 Å². The molecule has 0 aliphatic carbocycles. The molecule has 2 aliphatic heterocycles. The van der Waals surface area contributed by atoms with E-state index in [0.717, 1.165) is 0 Å². The first-order valence-corrected chi connectivity index (χ1v) is 9.77. The van der Waals surface area contributed by atoms with E-state index in [0.29, 0.717) is 51.5 Å². The van der Waals surface area contributed by atoms with Crippen molar-refractivity contribution in [1.29, 1.82) is 0 Å². The number of aliphatic hydroxyl groups is 1. The Morgan fingerprint density at radius 2 is 1.88 bits per heavy atom. The van der Waals surface area contributed by atoms with Crippen LogP contribution >= 0.6 is 12.4 Å². The molecule has 1 aromatic carbocycles. The lowest BCUT2D eigenvalue weighted by Crippen LogP contribution is -2.40. The standard InChI is InChI=1S/C16H23N3O5S.ClH/c20-15-11-17-9-13(15)10-18-16(21)12-1-3-14(4-2-12)25(22,23)19-5-7-24-8-6-19;/h1-4,13,15,17,20H,5-11H2,(H,18,21);1H. The van der Waals surface area contributed by atoms with E-state index in [1.165, 1.54) is 28.6 Å². The molecule has 0 bridgehead atoms. The van der Waals surface area contributed by atoms with Gasteiger partial charge in [0.2, 0.25) is 10.0 Å². The smallest absolute Gasteiger partial charge is 0.251 e. The topological polar surface area (TPSA) is 108 Å². The van der Waals surface area contributed by atoms with E-state index in [9.17, 15) is 18.3 Å². The number of ether oxygens (including phenoxy) is 1. The Morgan fingerprint density at radius 3 is 2.46 bits per heavy atom. The van der Waals surface area contributed by atoms with Gasteiger partial charge in [-0.2, -0.15) is 4.31 Å². The third-order valence-corrected chi connectivity index (χ3v) is 6.47. The molecule has 2 heterocycles. The van der Waals surface area contributed by atoms with Crippen molar-refractivity contribution in [3.8, 4) is 0 Å². The molecule has 26 heavy (non-hydrogen) atoms. The predicted molar refractivity (Wildman–Crippen MR) is 98.0 cm³/mol. The number of carbonyl (C=O) groups excluding carboxylic acids is 1. The average Bonchev–Trinajstić information content (AvgIpc) is 3.05. The Kier molecular flexibility index (Phi) is 7.39. The number of sulfonamides is 1. The van der Waals surface area contributed by atoms with E-state index < -0.39 is 16.1 Å². The number of amides is 1. The lowest BCUT2D eigenvalue weighted by molar-refractivity contribution is 0.0730. The molecular weight excluding hydrogens is 382 g/mol. The monoisotopic (exact) mass is 405 g/mol. The molecule has 2 fully saturated rings. The van der Waals surface area contributed by atoms with E-state index in [1.807, 2.05) is 0 Å². The van der Waals surface area contributed by atoms with E-state index in [-0.39, 0.29) is 29.1 Å². The number of morpholine rings is 1. The Labute approximate surface area is 159 Å². The molecule has 0 radical (unpaired) electrons. The van der Waals surface area contributed by atoms with Crippen molar-refractivity contribution in [1.82, 2.24) is 14.9 Å². The summed E-state index contributed by atoms with van der Waals surface area (Å²) >= 11 is 0. The summed E-state index contributed by atoms with van der Waals surface area (Å²) in [5.74, 6) is -0.292. The van der Waals surface area contributed by atoms with Gasteiger partial charge in [0.05, 0.1) is 24.2 Å². The van der Waals surface area contributed by atoms with Crippen molar-refractivity contribution in [3.63, 3.8) is 0 Å². The summed E-state index contributed by atoms with van der Waals surface area (Å²) in [4.78, 5) is 12.3. The fourth-order valence-electron chi connectivity index (χ4n) is 2.97. The van der Waals surface area contributed by atoms with Crippen LogP contribution in [0.3, 0.4) is 0 Å². The third kappa shape index (κ3) is 4.73. The zero-order chi connectivity index (χ0) is 17.9. The van der Waals surface area contributed by atoms with Gasteiger partial charge in [-0.15, -0.1) is 12.4 Å². The van der Waals surface area contributed by atoms with Crippen LogP contribution in [0.15, 0.2) is 29.2 Å². The number of β-amino-alcohol motifs (C(OH)–C–C–N with tert-alkyl or cyclic N) is 1. The number of halogens is 1. The summed E-state index contributed by atoms with van der Waals surface area (Å²) in [5.41, 5.74) is 0.390. The molecule has 0 spiro atoms. The van der Waals surface area contributed by atoms with Crippen LogP contribution in [0.2, 0.25) is 0 Å². The van der Waals surface area contributed by atoms with Gasteiger partial charge in [-0.1, -0.05) is 0 Å². The van der Waals surface area contributed by atoms with Crippen molar-refractivity contribution < 1.29 is 23.1 Å². The van der Waals surface area contributed by atoms with Gasteiger partial charge in [-0.3, -0.25) is 4.79 Å². The van der Waals surface area contributed by atoms with Gasteiger partial charge >= 0.3 is 0 Å². The Hall–Kier alpha value is -1.23. The Balaban J connectivity index is 0.00000243. The highest BCUT2D eigenvalue weighted by Crippen LogP contribution is 2.18. The Bertz CT molecular complexity index is 707. The van der Waals surface area contributed by atoms with Crippen molar-refractivity contribution in [3.05, 3.63) is 29.8 Å². The molecule has 146 valence electrons. The van der Waals surface area contributed by atoms with Crippen molar-refractivity contribution in [2.24, 2.45) is 5.92 Å². The quantitative estimate of drug-likeness (QED) is 0.606. The molecular formula is C16H24ClN3O5S. The van der Waals surface area contributed by atoms with Crippen LogP contribution in [0.5, 0.6) is 0 Å². The second kappa shape index (κ2) is 9.12. The minimum Gasteiger partial charge on any atom is -0.391 e. The van der Waals surface area contributed by atoms with Crippen molar-refractivity contribution in [2.75, 3.05) is 45.9 Å². The van der Waals surface area contributed by atoms with E-state index in [2.05, 4.69) is 10.6 Å². The van der Waals surface area contributed by atoms with Crippen molar-refractivity contribution in [2.45, 2.75) is 11.0 Å². The van der Waals surface area contributed by atoms with Gasteiger partial charge in [0, 0.05) is 44.2 Å². The molecule has 2 atom stereocenters. The van der Waals surface area contributed by atoms with Crippen LogP contribution in [0, 0.1) is 5.92 Å². The molecule has 0 saturated carbocycles.